The number of fused-ring (bicyclic) bond motifs is 2. The van der Waals surface area contributed by atoms with Crippen molar-refractivity contribution in [3.05, 3.63) is 71.1 Å². The maximum Gasteiger partial charge on any atom is 0.110 e. The molecule has 0 spiro atoms. The van der Waals surface area contributed by atoms with E-state index in [2.05, 4.69) is 47.2 Å². The van der Waals surface area contributed by atoms with Crippen LogP contribution >= 0.6 is 11.6 Å². The summed E-state index contributed by atoms with van der Waals surface area (Å²) in [7, 11) is 0. The Morgan fingerprint density at radius 3 is 2.68 bits per heavy atom. The number of nitrogens with one attached hydrogen (secondary N) is 1. The van der Waals surface area contributed by atoms with Crippen molar-refractivity contribution >= 4 is 33.5 Å². The van der Waals surface area contributed by atoms with E-state index in [-0.39, 0.29) is 0 Å². The van der Waals surface area contributed by atoms with E-state index in [0.717, 1.165) is 27.4 Å². The number of benzene rings is 2. The molecule has 1 aliphatic carbocycles. The van der Waals surface area contributed by atoms with Crippen molar-refractivity contribution < 1.29 is 0 Å². The third-order valence-electron chi connectivity index (χ3n) is 6.50. The van der Waals surface area contributed by atoms with Gasteiger partial charge in [-0.3, -0.25) is 4.98 Å². The summed E-state index contributed by atoms with van der Waals surface area (Å²) in [5, 5.41) is 2.07. The SMILES string of the molecule is C[C@@H](c1nc2ccc(Cl)cc2[nH]1)[C@H]1CC[C@H](c2ccnc3ccccc32)CC1. The minimum Gasteiger partial charge on any atom is -0.342 e. The number of aromatic nitrogens is 3. The van der Waals surface area contributed by atoms with Gasteiger partial charge in [0.15, 0.2) is 0 Å². The Morgan fingerprint density at radius 1 is 1.00 bits per heavy atom. The second-order valence-electron chi connectivity index (χ2n) is 8.10. The highest BCUT2D eigenvalue weighted by atomic mass is 35.5. The fourth-order valence-electron chi connectivity index (χ4n) is 4.84. The lowest BCUT2D eigenvalue weighted by atomic mass is 9.73. The number of nitrogens with zero attached hydrogens (tertiary/aromatic N) is 2. The van der Waals surface area contributed by atoms with Gasteiger partial charge in [-0.1, -0.05) is 36.7 Å². The average molecular weight is 390 g/mol. The van der Waals surface area contributed by atoms with Crippen molar-refractivity contribution in [3.8, 4) is 0 Å². The molecule has 5 rings (SSSR count). The maximum atomic E-state index is 6.12. The monoisotopic (exact) mass is 389 g/mol. The number of aromatic amines is 1. The first kappa shape index (κ1) is 17.7. The van der Waals surface area contributed by atoms with Crippen LogP contribution in [0.25, 0.3) is 21.9 Å². The zero-order valence-corrected chi connectivity index (χ0v) is 16.8. The second kappa shape index (κ2) is 7.21. The molecule has 0 amide bonds. The van der Waals surface area contributed by atoms with Crippen LogP contribution in [-0.4, -0.2) is 15.0 Å². The molecule has 2 aromatic heterocycles. The predicted molar refractivity (Wildman–Crippen MR) is 116 cm³/mol. The molecule has 0 saturated heterocycles. The van der Waals surface area contributed by atoms with Crippen LogP contribution in [0.15, 0.2) is 54.7 Å². The van der Waals surface area contributed by atoms with E-state index >= 15 is 0 Å². The van der Waals surface area contributed by atoms with Crippen molar-refractivity contribution in [2.45, 2.75) is 44.4 Å². The normalized spacial score (nSPS) is 21.2. The number of halogens is 1. The Hall–Kier alpha value is -2.39. The van der Waals surface area contributed by atoms with Gasteiger partial charge < -0.3 is 4.98 Å². The summed E-state index contributed by atoms with van der Waals surface area (Å²) in [4.78, 5) is 12.8. The third kappa shape index (κ3) is 3.18. The van der Waals surface area contributed by atoms with E-state index in [0.29, 0.717) is 17.8 Å². The lowest BCUT2D eigenvalue weighted by molar-refractivity contribution is 0.286. The number of hydrogen-bond acceptors (Lipinski definition) is 2. The molecule has 1 N–H and O–H groups in total. The van der Waals surface area contributed by atoms with E-state index < -0.39 is 0 Å². The number of imidazole rings is 1. The molecule has 0 unspecified atom stereocenters. The van der Waals surface area contributed by atoms with Crippen molar-refractivity contribution in [2.24, 2.45) is 5.92 Å². The summed E-state index contributed by atoms with van der Waals surface area (Å²) in [6.45, 7) is 2.31. The Kier molecular flexibility index (Phi) is 4.56. The fourth-order valence-corrected chi connectivity index (χ4v) is 5.02. The second-order valence-corrected chi connectivity index (χ2v) is 8.54. The molecular weight excluding hydrogens is 366 g/mol. The van der Waals surface area contributed by atoms with Crippen molar-refractivity contribution in [1.29, 1.82) is 0 Å². The van der Waals surface area contributed by atoms with Crippen molar-refractivity contribution in [3.63, 3.8) is 0 Å². The molecule has 1 saturated carbocycles. The average Bonchev–Trinajstić information content (AvgIpc) is 3.16. The Bertz CT molecular complexity index is 1120. The van der Waals surface area contributed by atoms with Gasteiger partial charge in [0, 0.05) is 22.5 Å². The van der Waals surface area contributed by atoms with Crippen LogP contribution in [0.1, 0.15) is 55.8 Å². The Labute approximate surface area is 170 Å². The van der Waals surface area contributed by atoms with Gasteiger partial charge >= 0.3 is 0 Å². The van der Waals surface area contributed by atoms with Crippen LogP contribution in [-0.2, 0) is 0 Å². The van der Waals surface area contributed by atoms with E-state index in [1.165, 1.54) is 36.6 Å². The summed E-state index contributed by atoms with van der Waals surface area (Å²) in [6, 6.07) is 16.6. The van der Waals surface area contributed by atoms with Crippen LogP contribution in [0, 0.1) is 5.92 Å². The topological polar surface area (TPSA) is 41.6 Å². The lowest BCUT2D eigenvalue weighted by Crippen LogP contribution is -2.19. The van der Waals surface area contributed by atoms with E-state index in [4.69, 9.17) is 16.6 Å². The van der Waals surface area contributed by atoms with Gasteiger partial charge in [-0.15, -0.1) is 0 Å². The number of para-hydroxylation sites is 1. The standard InChI is InChI=1S/C24H24ClN3/c1-15(24-27-22-11-10-18(25)14-23(22)28-24)16-6-8-17(9-7-16)19-12-13-26-21-5-3-2-4-20(19)21/h2-5,10-17H,6-9H2,1H3,(H,27,28)/t15-,16-,17-/m1/s1. The van der Waals surface area contributed by atoms with Crippen LogP contribution in [0.5, 0.6) is 0 Å². The van der Waals surface area contributed by atoms with E-state index in [1.54, 1.807) is 0 Å². The molecule has 28 heavy (non-hydrogen) atoms. The Morgan fingerprint density at radius 2 is 1.82 bits per heavy atom. The van der Waals surface area contributed by atoms with Gasteiger partial charge in [0.25, 0.3) is 0 Å². The molecular formula is C24H24ClN3. The number of H-pyrrole nitrogens is 1. The lowest BCUT2D eigenvalue weighted by Gasteiger charge is -2.32. The van der Waals surface area contributed by atoms with Crippen LogP contribution in [0.4, 0.5) is 0 Å². The highest BCUT2D eigenvalue weighted by Gasteiger charge is 2.29. The molecule has 1 aliphatic rings. The summed E-state index contributed by atoms with van der Waals surface area (Å²) < 4.78 is 0. The molecule has 4 aromatic rings. The smallest absolute Gasteiger partial charge is 0.110 e. The first-order valence-corrected chi connectivity index (χ1v) is 10.6. The zero-order valence-electron chi connectivity index (χ0n) is 16.0. The molecule has 2 heterocycles. The van der Waals surface area contributed by atoms with Crippen molar-refractivity contribution in [1.82, 2.24) is 15.0 Å². The first-order valence-electron chi connectivity index (χ1n) is 10.2. The van der Waals surface area contributed by atoms with Gasteiger partial charge in [-0.2, -0.15) is 0 Å². The number of pyridine rings is 1. The minimum absolute atomic E-state index is 0.432. The molecule has 0 radical (unpaired) electrons. The molecule has 142 valence electrons. The number of rotatable bonds is 3. The molecule has 1 atom stereocenters. The summed E-state index contributed by atoms with van der Waals surface area (Å²) in [6.07, 6.45) is 6.90. The van der Waals surface area contributed by atoms with Gasteiger partial charge in [0.05, 0.1) is 16.6 Å². The van der Waals surface area contributed by atoms with Gasteiger partial charge in [-0.05, 0) is 73.4 Å². The molecule has 2 aromatic carbocycles. The highest BCUT2D eigenvalue weighted by Crippen LogP contribution is 2.42. The van der Waals surface area contributed by atoms with Crippen molar-refractivity contribution in [2.75, 3.05) is 0 Å². The molecule has 1 fully saturated rings. The van der Waals surface area contributed by atoms with Crippen LogP contribution in [0.3, 0.4) is 0 Å². The van der Waals surface area contributed by atoms with Crippen LogP contribution < -0.4 is 0 Å². The Balaban J connectivity index is 1.33. The third-order valence-corrected chi connectivity index (χ3v) is 6.73. The fraction of sp³-hybridized carbons (Fsp3) is 0.333. The minimum atomic E-state index is 0.432. The summed E-state index contributed by atoms with van der Waals surface area (Å²) >= 11 is 6.12. The van der Waals surface area contributed by atoms with Crippen LogP contribution in [0.2, 0.25) is 5.02 Å². The molecule has 3 nitrogen and oxygen atoms in total. The summed E-state index contributed by atoms with van der Waals surface area (Å²) in [5.74, 6) is 2.82. The van der Waals surface area contributed by atoms with Gasteiger partial charge in [0.2, 0.25) is 0 Å². The predicted octanol–water partition coefficient (Wildman–Crippen LogP) is 6.84. The molecule has 4 heteroatoms. The molecule has 0 aliphatic heterocycles. The molecule has 0 bridgehead atoms. The largest absolute Gasteiger partial charge is 0.342 e. The zero-order chi connectivity index (χ0) is 19.1. The van der Waals surface area contributed by atoms with E-state index in [9.17, 15) is 0 Å². The highest BCUT2D eigenvalue weighted by molar-refractivity contribution is 6.31. The van der Waals surface area contributed by atoms with Gasteiger partial charge in [-0.25, -0.2) is 4.98 Å². The first-order chi connectivity index (χ1) is 13.7. The number of hydrogen-bond donors (Lipinski definition) is 1. The quantitative estimate of drug-likeness (QED) is 0.416. The van der Waals surface area contributed by atoms with E-state index in [1.807, 2.05) is 24.4 Å². The summed E-state index contributed by atoms with van der Waals surface area (Å²) in [5.41, 5.74) is 4.61. The van der Waals surface area contributed by atoms with Gasteiger partial charge in [0.1, 0.15) is 5.82 Å². The maximum absolute atomic E-state index is 6.12.